The monoisotopic (exact) mass is 328 g/mol. The molecule has 3 rings (SSSR count). The number of hydrogen-bond donors (Lipinski definition) is 2. The number of nitrogens with one attached hydrogen (secondary N) is 2. The second-order valence-corrected chi connectivity index (χ2v) is 6.76. The maximum atomic E-state index is 12.6. The zero-order valence-electron chi connectivity index (χ0n) is 13.1. The minimum absolute atomic E-state index is 0.0794. The van der Waals surface area contributed by atoms with Crippen molar-refractivity contribution in [1.29, 1.82) is 0 Å². The topological polar surface area (TPSA) is 58.2 Å². The van der Waals surface area contributed by atoms with E-state index in [1.807, 2.05) is 42.6 Å². The Labute approximate surface area is 139 Å². The average molecular weight is 328 g/mol. The fourth-order valence-electron chi connectivity index (χ4n) is 2.75. The van der Waals surface area contributed by atoms with Gasteiger partial charge in [0.05, 0.1) is 4.88 Å². The van der Waals surface area contributed by atoms with E-state index in [1.165, 1.54) is 16.9 Å². The Balaban J connectivity index is 1.79. The number of carbonyl (C=O) groups is 2. The maximum absolute atomic E-state index is 12.6. The van der Waals surface area contributed by atoms with Gasteiger partial charge >= 0.3 is 0 Å². The lowest BCUT2D eigenvalue weighted by molar-refractivity contribution is -0.122. The molecule has 0 spiro atoms. The van der Waals surface area contributed by atoms with E-state index in [-0.39, 0.29) is 11.8 Å². The maximum Gasteiger partial charge on any atom is 0.262 e. The molecule has 0 radical (unpaired) electrons. The highest BCUT2D eigenvalue weighted by atomic mass is 32.1. The lowest BCUT2D eigenvalue weighted by Crippen LogP contribution is -2.45. The zero-order chi connectivity index (χ0) is 16.2. The summed E-state index contributed by atoms with van der Waals surface area (Å²) in [6.07, 6.45) is 2.60. The zero-order valence-corrected chi connectivity index (χ0v) is 13.9. The van der Waals surface area contributed by atoms with Crippen LogP contribution in [0.4, 0.5) is 0 Å². The number of aryl methyl sites for hydroxylation is 1. The summed E-state index contributed by atoms with van der Waals surface area (Å²) in [6.45, 7) is 2.73. The third-order valence-electron chi connectivity index (χ3n) is 4.07. The van der Waals surface area contributed by atoms with Crippen LogP contribution in [0.15, 0.2) is 35.7 Å². The smallest absolute Gasteiger partial charge is 0.262 e. The summed E-state index contributed by atoms with van der Waals surface area (Å²) >= 11 is 1.41. The molecule has 1 aromatic heterocycles. The predicted molar refractivity (Wildman–Crippen MR) is 92.6 cm³/mol. The Morgan fingerprint density at radius 3 is 2.78 bits per heavy atom. The molecule has 1 saturated heterocycles. The van der Waals surface area contributed by atoms with E-state index in [1.54, 1.807) is 0 Å². The minimum Gasteiger partial charge on any atom is -0.354 e. The van der Waals surface area contributed by atoms with Crippen molar-refractivity contribution in [2.24, 2.45) is 0 Å². The Morgan fingerprint density at radius 1 is 1.22 bits per heavy atom. The van der Waals surface area contributed by atoms with Gasteiger partial charge in [0, 0.05) is 12.1 Å². The lowest BCUT2D eigenvalue weighted by Gasteiger charge is -2.15. The Hall–Kier alpha value is -2.14. The molecule has 2 aromatic rings. The summed E-state index contributed by atoms with van der Waals surface area (Å²) in [6, 6.07) is 9.63. The Kier molecular flexibility index (Phi) is 4.76. The van der Waals surface area contributed by atoms with Gasteiger partial charge in [0.1, 0.15) is 6.04 Å². The van der Waals surface area contributed by atoms with Crippen molar-refractivity contribution in [3.05, 3.63) is 46.2 Å². The van der Waals surface area contributed by atoms with Crippen LogP contribution in [0, 0.1) is 6.92 Å². The summed E-state index contributed by atoms with van der Waals surface area (Å²) in [5.74, 6) is -0.248. The SMILES string of the molecule is Cc1ccc(-c2ccsc2C(=O)N[C@H]2CCCCNC2=O)cc1. The molecule has 23 heavy (non-hydrogen) atoms. The number of carbonyl (C=O) groups excluding carboxylic acids is 2. The largest absolute Gasteiger partial charge is 0.354 e. The molecule has 120 valence electrons. The van der Waals surface area contributed by atoms with E-state index in [9.17, 15) is 9.59 Å². The standard InChI is InChI=1S/C18H20N2O2S/c1-12-5-7-13(8-6-12)14-9-11-23-16(14)18(22)20-15-4-2-3-10-19-17(15)21/h5-9,11,15H,2-4,10H2,1H3,(H,19,21)(H,20,22)/t15-/m0/s1. The molecule has 0 aliphatic carbocycles. The van der Waals surface area contributed by atoms with Crippen LogP contribution in [0.1, 0.15) is 34.5 Å². The first kappa shape index (κ1) is 15.7. The number of thiophene rings is 1. The number of benzene rings is 1. The van der Waals surface area contributed by atoms with Crippen molar-refractivity contribution in [3.63, 3.8) is 0 Å². The number of rotatable bonds is 3. The van der Waals surface area contributed by atoms with Crippen LogP contribution in [0.25, 0.3) is 11.1 Å². The highest BCUT2D eigenvalue weighted by Gasteiger charge is 2.24. The Morgan fingerprint density at radius 2 is 2.00 bits per heavy atom. The van der Waals surface area contributed by atoms with E-state index >= 15 is 0 Å². The molecule has 5 heteroatoms. The first-order chi connectivity index (χ1) is 11.1. The molecule has 1 fully saturated rings. The summed E-state index contributed by atoms with van der Waals surface area (Å²) in [7, 11) is 0. The van der Waals surface area contributed by atoms with Crippen molar-refractivity contribution < 1.29 is 9.59 Å². The molecule has 4 nitrogen and oxygen atoms in total. The van der Waals surface area contributed by atoms with Gasteiger partial charge in [0.15, 0.2) is 0 Å². The lowest BCUT2D eigenvalue weighted by atomic mass is 10.0. The number of hydrogen-bond acceptors (Lipinski definition) is 3. The second-order valence-electron chi connectivity index (χ2n) is 5.84. The molecule has 0 bridgehead atoms. The van der Waals surface area contributed by atoms with Gasteiger partial charge in [-0.25, -0.2) is 0 Å². The van der Waals surface area contributed by atoms with E-state index in [4.69, 9.17) is 0 Å². The molecule has 2 heterocycles. The van der Waals surface area contributed by atoms with Gasteiger partial charge in [0.25, 0.3) is 5.91 Å². The van der Waals surface area contributed by atoms with E-state index < -0.39 is 6.04 Å². The van der Waals surface area contributed by atoms with Crippen molar-refractivity contribution >= 4 is 23.2 Å². The van der Waals surface area contributed by atoms with Crippen LogP contribution in [-0.4, -0.2) is 24.4 Å². The first-order valence-corrected chi connectivity index (χ1v) is 8.76. The number of amides is 2. The molecule has 1 atom stereocenters. The molecule has 1 aliphatic rings. The van der Waals surface area contributed by atoms with Crippen molar-refractivity contribution in [1.82, 2.24) is 10.6 Å². The van der Waals surface area contributed by atoms with Gasteiger partial charge in [-0.15, -0.1) is 11.3 Å². The van der Waals surface area contributed by atoms with Gasteiger partial charge in [-0.1, -0.05) is 29.8 Å². The predicted octanol–water partition coefficient (Wildman–Crippen LogP) is 3.12. The van der Waals surface area contributed by atoms with E-state index in [0.717, 1.165) is 24.0 Å². The average Bonchev–Trinajstić information content (AvgIpc) is 2.95. The van der Waals surface area contributed by atoms with Crippen LogP contribution >= 0.6 is 11.3 Å². The highest BCUT2D eigenvalue weighted by Crippen LogP contribution is 2.28. The molecule has 2 N–H and O–H groups in total. The van der Waals surface area contributed by atoms with Gasteiger partial charge in [0.2, 0.25) is 5.91 Å². The fraction of sp³-hybridized carbons (Fsp3) is 0.333. The summed E-state index contributed by atoms with van der Waals surface area (Å²) < 4.78 is 0. The van der Waals surface area contributed by atoms with Crippen molar-refractivity contribution in [2.75, 3.05) is 6.54 Å². The molecule has 0 saturated carbocycles. The summed E-state index contributed by atoms with van der Waals surface area (Å²) in [4.78, 5) is 25.3. The van der Waals surface area contributed by atoms with Crippen LogP contribution in [0.2, 0.25) is 0 Å². The van der Waals surface area contributed by atoms with E-state index in [0.29, 0.717) is 17.8 Å². The second kappa shape index (κ2) is 6.96. The van der Waals surface area contributed by atoms with Crippen LogP contribution < -0.4 is 10.6 Å². The van der Waals surface area contributed by atoms with Gasteiger partial charge in [-0.3, -0.25) is 9.59 Å². The van der Waals surface area contributed by atoms with Crippen molar-refractivity contribution in [3.8, 4) is 11.1 Å². The third kappa shape index (κ3) is 3.62. The van der Waals surface area contributed by atoms with Crippen LogP contribution in [0.5, 0.6) is 0 Å². The summed E-state index contributed by atoms with van der Waals surface area (Å²) in [5.41, 5.74) is 3.12. The summed E-state index contributed by atoms with van der Waals surface area (Å²) in [5, 5.41) is 7.65. The van der Waals surface area contributed by atoms with Gasteiger partial charge < -0.3 is 10.6 Å². The van der Waals surface area contributed by atoms with E-state index in [2.05, 4.69) is 10.6 Å². The quantitative estimate of drug-likeness (QED) is 0.909. The van der Waals surface area contributed by atoms with Gasteiger partial charge in [-0.05, 0) is 43.2 Å². The molecule has 1 aliphatic heterocycles. The Bertz CT molecular complexity index is 706. The van der Waals surface area contributed by atoms with Crippen LogP contribution in [0.3, 0.4) is 0 Å². The first-order valence-electron chi connectivity index (χ1n) is 7.88. The molecule has 1 aromatic carbocycles. The molecular formula is C18H20N2O2S. The van der Waals surface area contributed by atoms with Crippen LogP contribution in [-0.2, 0) is 4.79 Å². The normalized spacial score (nSPS) is 18.1. The molecule has 2 amide bonds. The van der Waals surface area contributed by atoms with Gasteiger partial charge in [-0.2, -0.15) is 0 Å². The highest BCUT2D eigenvalue weighted by molar-refractivity contribution is 7.12. The minimum atomic E-state index is -0.432. The third-order valence-corrected chi connectivity index (χ3v) is 4.99. The molecule has 0 unspecified atom stereocenters. The molecular weight excluding hydrogens is 308 g/mol. The van der Waals surface area contributed by atoms with Crippen molar-refractivity contribution in [2.45, 2.75) is 32.2 Å². The fourth-order valence-corrected chi connectivity index (χ4v) is 3.57.